The lowest BCUT2D eigenvalue weighted by Crippen LogP contribution is -2.32. The third-order valence-corrected chi connectivity index (χ3v) is 7.32. The number of hydrogen-bond donors (Lipinski definition) is 2. The zero-order valence-electron chi connectivity index (χ0n) is 26.5. The van der Waals surface area contributed by atoms with Crippen molar-refractivity contribution >= 4 is 35.3 Å². The van der Waals surface area contributed by atoms with E-state index in [0.29, 0.717) is 22.9 Å². The average molecular weight is 621 g/mol. The standard InChI is InChI=1S/C34H45ClN6O3/c1-6-41(7-2)20-19-40(5)25-27-10-8-11-28(22-27)33(42)37-32-17-14-29(35)23-31(32)34(43)38-36-24-26-12-15-30(16-13-26)44-21-9-18-39(3)4/h8,10-17,22-24H,6-7,9,18-21,25H2,1-5H3,(H,37,42)(H,38,43)/b36-24+. The number of ether oxygens (including phenoxy) is 1. The fraction of sp³-hybridized carbons (Fsp3) is 0.382. The fourth-order valence-electron chi connectivity index (χ4n) is 4.51. The molecule has 3 aromatic carbocycles. The molecule has 0 saturated carbocycles. The molecule has 0 aliphatic heterocycles. The fourth-order valence-corrected chi connectivity index (χ4v) is 4.68. The van der Waals surface area contributed by atoms with Crippen LogP contribution in [0.1, 0.15) is 52.1 Å². The lowest BCUT2D eigenvalue weighted by atomic mass is 10.1. The topological polar surface area (TPSA) is 89.5 Å². The summed E-state index contributed by atoms with van der Waals surface area (Å²) >= 11 is 6.20. The predicted octanol–water partition coefficient (Wildman–Crippen LogP) is 5.46. The molecule has 0 radical (unpaired) electrons. The van der Waals surface area contributed by atoms with Crippen molar-refractivity contribution in [3.8, 4) is 5.75 Å². The molecule has 236 valence electrons. The van der Waals surface area contributed by atoms with Crippen molar-refractivity contribution in [1.82, 2.24) is 20.1 Å². The van der Waals surface area contributed by atoms with Crippen LogP contribution in [0.2, 0.25) is 5.02 Å². The van der Waals surface area contributed by atoms with Gasteiger partial charge in [-0.1, -0.05) is 37.6 Å². The first-order valence-corrected chi connectivity index (χ1v) is 15.4. The molecule has 9 nitrogen and oxygen atoms in total. The van der Waals surface area contributed by atoms with Crippen LogP contribution in [0.15, 0.2) is 71.8 Å². The largest absolute Gasteiger partial charge is 0.494 e. The lowest BCUT2D eigenvalue weighted by Gasteiger charge is -2.23. The van der Waals surface area contributed by atoms with Gasteiger partial charge < -0.3 is 24.8 Å². The number of amides is 2. The molecule has 10 heteroatoms. The van der Waals surface area contributed by atoms with Crippen LogP contribution in [0.4, 0.5) is 5.69 Å². The lowest BCUT2D eigenvalue weighted by molar-refractivity contribution is 0.0956. The van der Waals surface area contributed by atoms with Crippen LogP contribution in [-0.4, -0.2) is 93.2 Å². The van der Waals surface area contributed by atoms with E-state index in [1.54, 1.807) is 24.4 Å². The Morgan fingerprint density at radius 1 is 0.909 bits per heavy atom. The van der Waals surface area contributed by atoms with Crippen molar-refractivity contribution in [3.05, 3.63) is 94.0 Å². The van der Waals surface area contributed by atoms with Crippen LogP contribution < -0.4 is 15.5 Å². The highest BCUT2D eigenvalue weighted by Gasteiger charge is 2.16. The van der Waals surface area contributed by atoms with Gasteiger partial charge in [0.25, 0.3) is 11.8 Å². The Bertz CT molecular complexity index is 1380. The number of benzene rings is 3. The molecule has 2 amide bonds. The average Bonchev–Trinajstić information content (AvgIpc) is 3.01. The number of hydrazone groups is 1. The van der Waals surface area contributed by atoms with Crippen molar-refractivity contribution in [1.29, 1.82) is 0 Å². The molecular weight excluding hydrogens is 576 g/mol. The zero-order valence-corrected chi connectivity index (χ0v) is 27.2. The summed E-state index contributed by atoms with van der Waals surface area (Å²) in [5.74, 6) is -0.0397. The minimum absolute atomic E-state index is 0.205. The Morgan fingerprint density at radius 2 is 1.66 bits per heavy atom. The molecule has 0 heterocycles. The van der Waals surface area contributed by atoms with E-state index >= 15 is 0 Å². The number of carbonyl (C=O) groups excluding carboxylic acids is 2. The van der Waals surface area contributed by atoms with Crippen LogP contribution in [0, 0.1) is 0 Å². The van der Waals surface area contributed by atoms with Gasteiger partial charge in [0.15, 0.2) is 0 Å². The van der Waals surface area contributed by atoms with E-state index in [1.807, 2.05) is 56.6 Å². The van der Waals surface area contributed by atoms with E-state index in [0.717, 1.165) is 62.6 Å². The highest BCUT2D eigenvalue weighted by Crippen LogP contribution is 2.22. The smallest absolute Gasteiger partial charge is 0.273 e. The van der Waals surface area contributed by atoms with Gasteiger partial charge in [-0.2, -0.15) is 5.10 Å². The second-order valence-corrected chi connectivity index (χ2v) is 11.3. The Morgan fingerprint density at radius 3 is 2.36 bits per heavy atom. The van der Waals surface area contributed by atoms with Gasteiger partial charge in [-0.3, -0.25) is 9.59 Å². The first-order chi connectivity index (χ1) is 21.2. The first-order valence-electron chi connectivity index (χ1n) is 15.0. The summed E-state index contributed by atoms with van der Waals surface area (Å²) in [6, 6.07) is 19.7. The van der Waals surface area contributed by atoms with Gasteiger partial charge in [0.2, 0.25) is 0 Å². The molecule has 0 bridgehead atoms. The van der Waals surface area contributed by atoms with Gasteiger partial charge in [0.1, 0.15) is 5.75 Å². The van der Waals surface area contributed by atoms with Crippen molar-refractivity contribution in [2.24, 2.45) is 5.10 Å². The van der Waals surface area contributed by atoms with E-state index in [1.165, 1.54) is 6.07 Å². The number of nitrogens with zero attached hydrogens (tertiary/aromatic N) is 4. The van der Waals surface area contributed by atoms with Crippen molar-refractivity contribution in [2.45, 2.75) is 26.8 Å². The van der Waals surface area contributed by atoms with Gasteiger partial charge >= 0.3 is 0 Å². The third kappa shape index (κ3) is 11.7. The van der Waals surface area contributed by atoms with E-state index < -0.39 is 5.91 Å². The number of halogens is 1. The van der Waals surface area contributed by atoms with Crippen molar-refractivity contribution in [3.63, 3.8) is 0 Å². The van der Waals surface area contributed by atoms with Crippen LogP contribution in [0.5, 0.6) is 5.75 Å². The first kappa shape index (κ1) is 34.7. The molecule has 0 fully saturated rings. The Kier molecular flexibility index (Phi) is 14.3. The SMILES string of the molecule is CCN(CC)CCN(C)Cc1cccc(C(=O)Nc2ccc(Cl)cc2C(=O)N/N=C/c2ccc(OCCCN(C)C)cc2)c1. The predicted molar refractivity (Wildman–Crippen MR) is 180 cm³/mol. The second kappa shape index (κ2) is 18.1. The molecule has 3 aromatic rings. The maximum absolute atomic E-state index is 13.2. The van der Waals surface area contributed by atoms with E-state index in [4.69, 9.17) is 16.3 Å². The highest BCUT2D eigenvalue weighted by molar-refractivity contribution is 6.31. The van der Waals surface area contributed by atoms with Gasteiger partial charge in [-0.15, -0.1) is 0 Å². The van der Waals surface area contributed by atoms with Crippen LogP contribution >= 0.6 is 11.6 Å². The molecule has 0 spiro atoms. The molecule has 3 rings (SSSR count). The van der Waals surface area contributed by atoms with Crippen molar-refractivity contribution in [2.75, 3.05) is 65.8 Å². The monoisotopic (exact) mass is 620 g/mol. The van der Waals surface area contributed by atoms with Gasteiger partial charge in [0, 0.05) is 36.8 Å². The van der Waals surface area contributed by atoms with E-state index in [2.05, 4.69) is 51.4 Å². The maximum Gasteiger partial charge on any atom is 0.273 e. The summed E-state index contributed by atoms with van der Waals surface area (Å²) in [4.78, 5) is 33.0. The molecular formula is C34H45ClN6O3. The third-order valence-electron chi connectivity index (χ3n) is 7.09. The number of carbonyl (C=O) groups is 2. The van der Waals surface area contributed by atoms with Crippen LogP contribution in [-0.2, 0) is 6.54 Å². The summed E-state index contributed by atoms with van der Waals surface area (Å²) in [5.41, 5.74) is 5.41. The minimum atomic E-state index is -0.497. The Labute approximate surface area is 266 Å². The zero-order chi connectivity index (χ0) is 31.9. The second-order valence-electron chi connectivity index (χ2n) is 10.9. The number of nitrogens with one attached hydrogen (secondary N) is 2. The summed E-state index contributed by atoms with van der Waals surface area (Å²) in [5, 5.41) is 7.33. The number of anilines is 1. The quantitative estimate of drug-likeness (QED) is 0.118. The molecule has 0 aromatic heterocycles. The normalized spacial score (nSPS) is 11.5. The molecule has 0 aliphatic carbocycles. The van der Waals surface area contributed by atoms with E-state index in [-0.39, 0.29) is 11.5 Å². The number of likely N-dealkylation sites (N-methyl/N-ethyl adjacent to an activating group) is 2. The Balaban J connectivity index is 1.59. The number of rotatable bonds is 17. The molecule has 44 heavy (non-hydrogen) atoms. The minimum Gasteiger partial charge on any atom is -0.494 e. The van der Waals surface area contributed by atoms with Crippen LogP contribution in [0.25, 0.3) is 0 Å². The molecule has 2 N–H and O–H groups in total. The van der Waals surface area contributed by atoms with Gasteiger partial charge in [0.05, 0.1) is 24.1 Å². The van der Waals surface area contributed by atoms with Gasteiger partial charge in [-0.05, 0) is 106 Å². The molecule has 0 unspecified atom stereocenters. The summed E-state index contributed by atoms with van der Waals surface area (Å²) in [6.07, 6.45) is 2.48. The molecule has 0 saturated heterocycles. The van der Waals surface area contributed by atoms with Crippen molar-refractivity contribution < 1.29 is 14.3 Å². The highest BCUT2D eigenvalue weighted by atomic mass is 35.5. The summed E-state index contributed by atoms with van der Waals surface area (Å²) < 4.78 is 5.76. The summed E-state index contributed by atoms with van der Waals surface area (Å²) in [6.45, 7) is 10.6. The van der Waals surface area contributed by atoms with Crippen LogP contribution in [0.3, 0.4) is 0 Å². The molecule has 0 atom stereocenters. The Hall–Kier alpha value is -3.76. The number of hydrogen-bond acceptors (Lipinski definition) is 7. The molecule has 0 aliphatic rings. The maximum atomic E-state index is 13.2. The van der Waals surface area contributed by atoms with E-state index in [9.17, 15) is 9.59 Å². The summed E-state index contributed by atoms with van der Waals surface area (Å²) in [7, 11) is 6.15. The van der Waals surface area contributed by atoms with Gasteiger partial charge in [-0.25, -0.2) is 5.43 Å².